The van der Waals surface area contributed by atoms with Crippen LogP contribution in [0, 0.1) is 5.82 Å². The summed E-state index contributed by atoms with van der Waals surface area (Å²) in [7, 11) is -2.17. The molecule has 0 amide bonds. The number of thiazole rings is 1. The Hall–Kier alpha value is -1.06. The van der Waals surface area contributed by atoms with Gasteiger partial charge in [-0.25, -0.2) is 22.5 Å². The summed E-state index contributed by atoms with van der Waals surface area (Å²) in [5, 5.41) is 4.46. The van der Waals surface area contributed by atoms with E-state index in [0.717, 1.165) is 6.07 Å². The number of rotatable bonds is 6. The zero-order valence-corrected chi connectivity index (χ0v) is 13.4. The van der Waals surface area contributed by atoms with Crippen molar-refractivity contribution in [3.63, 3.8) is 0 Å². The topological polar surface area (TPSA) is 71.1 Å². The van der Waals surface area contributed by atoms with Crippen LogP contribution in [0.4, 0.5) is 4.39 Å². The maximum atomic E-state index is 13.7. The zero-order valence-electron chi connectivity index (χ0n) is 11.1. The van der Waals surface area contributed by atoms with Gasteiger partial charge in [-0.1, -0.05) is 11.6 Å². The van der Waals surface area contributed by atoms with Gasteiger partial charge >= 0.3 is 0 Å². The highest BCUT2D eigenvalue weighted by Gasteiger charge is 2.19. The molecule has 0 bridgehead atoms. The molecule has 2 aromatic rings. The van der Waals surface area contributed by atoms with Gasteiger partial charge in [0.15, 0.2) is 0 Å². The molecule has 0 radical (unpaired) electrons. The van der Waals surface area contributed by atoms with Crippen LogP contribution in [0.25, 0.3) is 0 Å². The number of aromatic nitrogens is 1. The first-order valence-corrected chi connectivity index (χ1v) is 8.73. The second kappa shape index (κ2) is 6.80. The minimum atomic E-state index is -3.83. The summed E-state index contributed by atoms with van der Waals surface area (Å²) in [4.78, 5) is 3.82. The lowest BCUT2D eigenvalue weighted by molar-refractivity contribution is 0.576. The summed E-state index contributed by atoms with van der Waals surface area (Å²) in [5.41, 5.74) is 2.60. The van der Waals surface area contributed by atoms with Gasteiger partial charge in [0.2, 0.25) is 10.0 Å². The molecule has 0 aliphatic rings. The zero-order chi connectivity index (χ0) is 15.5. The Morgan fingerprint density at radius 1 is 1.38 bits per heavy atom. The first-order valence-electron chi connectivity index (χ1n) is 5.93. The third kappa shape index (κ3) is 3.98. The van der Waals surface area contributed by atoms with Gasteiger partial charge in [0, 0.05) is 11.9 Å². The van der Waals surface area contributed by atoms with Crippen LogP contribution in [-0.4, -0.2) is 20.4 Å². The van der Waals surface area contributed by atoms with Crippen LogP contribution >= 0.6 is 22.9 Å². The van der Waals surface area contributed by atoms with Crippen molar-refractivity contribution in [2.24, 2.45) is 0 Å². The number of hydrogen-bond acceptors (Lipinski definition) is 5. The summed E-state index contributed by atoms with van der Waals surface area (Å²) in [5.74, 6) is -0.765. The van der Waals surface area contributed by atoms with E-state index in [1.807, 2.05) is 0 Å². The molecular formula is C12H13ClFN3O2S2. The molecule has 5 nitrogen and oxygen atoms in total. The normalized spacial score (nSPS) is 11.8. The third-order valence-electron chi connectivity index (χ3n) is 2.68. The average Bonchev–Trinajstić information content (AvgIpc) is 2.95. The van der Waals surface area contributed by atoms with Gasteiger partial charge < -0.3 is 5.32 Å². The molecule has 0 atom stereocenters. The van der Waals surface area contributed by atoms with Crippen molar-refractivity contribution in [2.75, 3.05) is 7.05 Å². The molecule has 114 valence electrons. The van der Waals surface area contributed by atoms with Crippen LogP contribution in [0.1, 0.15) is 11.3 Å². The summed E-state index contributed by atoms with van der Waals surface area (Å²) >= 11 is 7.18. The van der Waals surface area contributed by atoms with Crippen molar-refractivity contribution in [2.45, 2.75) is 18.0 Å². The number of halogens is 2. The van der Waals surface area contributed by atoms with Gasteiger partial charge in [-0.3, -0.25) is 0 Å². The fraction of sp³-hybridized carbons (Fsp3) is 0.250. The van der Waals surface area contributed by atoms with E-state index in [-0.39, 0.29) is 23.0 Å². The summed E-state index contributed by atoms with van der Waals surface area (Å²) < 4.78 is 40.5. The standard InChI is InChI=1S/C12H13ClFN3O2S2/c1-15-4-8-2-10(3-11(14)12(8)13)21(18,19)17-5-9-6-20-7-16-9/h2-3,6-7,15,17H,4-5H2,1H3. The maximum Gasteiger partial charge on any atom is 0.241 e. The van der Waals surface area contributed by atoms with Gasteiger partial charge in [-0.2, -0.15) is 0 Å². The minimum Gasteiger partial charge on any atom is -0.316 e. The molecule has 0 fully saturated rings. The number of nitrogens with zero attached hydrogens (tertiary/aromatic N) is 1. The highest BCUT2D eigenvalue weighted by Crippen LogP contribution is 2.24. The Morgan fingerprint density at radius 3 is 2.76 bits per heavy atom. The van der Waals surface area contributed by atoms with E-state index in [2.05, 4.69) is 15.0 Å². The van der Waals surface area contributed by atoms with E-state index >= 15 is 0 Å². The molecule has 0 spiro atoms. The number of sulfonamides is 1. The molecule has 2 rings (SSSR count). The van der Waals surface area contributed by atoms with E-state index < -0.39 is 15.8 Å². The van der Waals surface area contributed by atoms with Crippen molar-refractivity contribution in [3.8, 4) is 0 Å². The van der Waals surface area contributed by atoms with Crippen molar-refractivity contribution in [3.05, 3.63) is 45.1 Å². The van der Waals surface area contributed by atoms with Crippen LogP contribution in [-0.2, 0) is 23.1 Å². The molecule has 1 heterocycles. The van der Waals surface area contributed by atoms with E-state index in [0.29, 0.717) is 11.3 Å². The van der Waals surface area contributed by atoms with Crippen molar-refractivity contribution in [1.29, 1.82) is 0 Å². The number of hydrogen-bond donors (Lipinski definition) is 2. The number of benzene rings is 1. The van der Waals surface area contributed by atoms with Gasteiger partial charge in [0.05, 0.1) is 27.7 Å². The average molecular weight is 350 g/mol. The Bertz CT molecular complexity index is 720. The Kier molecular flexibility index (Phi) is 5.28. The smallest absolute Gasteiger partial charge is 0.241 e. The summed E-state index contributed by atoms with van der Waals surface area (Å²) in [6.07, 6.45) is 0. The molecule has 0 aliphatic carbocycles. The van der Waals surface area contributed by atoms with Crippen LogP contribution in [0.3, 0.4) is 0 Å². The maximum absolute atomic E-state index is 13.7. The molecule has 2 N–H and O–H groups in total. The molecule has 0 saturated heterocycles. The van der Waals surface area contributed by atoms with E-state index in [1.54, 1.807) is 17.9 Å². The second-order valence-corrected chi connectivity index (χ2v) is 7.08. The summed E-state index contributed by atoms with van der Waals surface area (Å²) in [6.45, 7) is 0.322. The SMILES string of the molecule is CNCc1cc(S(=O)(=O)NCc2cscn2)cc(F)c1Cl. The Labute approximate surface area is 131 Å². The largest absolute Gasteiger partial charge is 0.316 e. The van der Waals surface area contributed by atoms with Gasteiger partial charge in [-0.05, 0) is 24.7 Å². The predicted octanol–water partition coefficient (Wildman–Crippen LogP) is 2.13. The molecule has 21 heavy (non-hydrogen) atoms. The molecule has 1 aromatic carbocycles. The van der Waals surface area contributed by atoms with Gasteiger partial charge in [-0.15, -0.1) is 11.3 Å². The molecule has 0 aliphatic heterocycles. The second-order valence-electron chi connectivity index (χ2n) is 4.21. The monoisotopic (exact) mass is 349 g/mol. The Morgan fingerprint density at radius 2 is 2.14 bits per heavy atom. The van der Waals surface area contributed by atoms with Crippen LogP contribution < -0.4 is 10.0 Å². The van der Waals surface area contributed by atoms with Crippen molar-refractivity contribution >= 4 is 33.0 Å². The summed E-state index contributed by atoms with van der Waals surface area (Å²) in [6, 6.07) is 2.26. The lowest BCUT2D eigenvalue weighted by Gasteiger charge is -2.10. The quantitative estimate of drug-likeness (QED) is 0.838. The first kappa shape index (κ1) is 16.3. The highest BCUT2D eigenvalue weighted by molar-refractivity contribution is 7.89. The number of nitrogens with one attached hydrogen (secondary N) is 2. The van der Waals surface area contributed by atoms with E-state index in [1.165, 1.54) is 17.4 Å². The van der Waals surface area contributed by atoms with Gasteiger partial charge in [0.1, 0.15) is 5.82 Å². The molecule has 0 unspecified atom stereocenters. The van der Waals surface area contributed by atoms with Crippen LogP contribution in [0.5, 0.6) is 0 Å². The minimum absolute atomic E-state index is 0.0530. The fourth-order valence-electron chi connectivity index (χ4n) is 1.67. The van der Waals surface area contributed by atoms with Crippen LogP contribution in [0.15, 0.2) is 27.9 Å². The van der Waals surface area contributed by atoms with Gasteiger partial charge in [0.25, 0.3) is 0 Å². The van der Waals surface area contributed by atoms with Crippen molar-refractivity contribution in [1.82, 2.24) is 15.0 Å². The Balaban J connectivity index is 2.27. The van der Waals surface area contributed by atoms with Crippen molar-refractivity contribution < 1.29 is 12.8 Å². The lowest BCUT2D eigenvalue weighted by atomic mass is 10.2. The predicted molar refractivity (Wildman–Crippen MR) is 80.3 cm³/mol. The third-order valence-corrected chi connectivity index (χ3v) is 5.12. The molecular weight excluding hydrogens is 337 g/mol. The van der Waals surface area contributed by atoms with Crippen LogP contribution in [0.2, 0.25) is 5.02 Å². The lowest BCUT2D eigenvalue weighted by Crippen LogP contribution is -2.24. The first-order chi connectivity index (χ1) is 9.94. The molecule has 9 heteroatoms. The van der Waals surface area contributed by atoms with E-state index in [4.69, 9.17) is 11.6 Å². The fourth-order valence-corrected chi connectivity index (χ4v) is 3.46. The molecule has 0 saturated carbocycles. The highest BCUT2D eigenvalue weighted by atomic mass is 35.5. The molecule has 1 aromatic heterocycles. The van der Waals surface area contributed by atoms with E-state index in [9.17, 15) is 12.8 Å².